The first kappa shape index (κ1) is 19.1. The van der Waals surface area contributed by atoms with Crippen molar-refractivity contribution in [2.45, 2.75) is 5.75 Å². The molecule has 0 aliphatic heterocycles. The van der Waals surface area contributed by atoms with Gasteiger partial charge in [-0.05, 0) is 65.4 Å². The zero-order chi connectivity index (χ0) is 20.4. The van der Waals surface area contributed by atoms with Crippen LogP contribution < -0.4 is 11.1 Å². The number of fused-ring (bicyclic) bond motifs is 1. The van der Waals surface area contributed by atoms with E-state index in [9.17, 15) is 9.18 Å². The molecule has 29 heavy (non-hydrogen) atoms. The molecule has 3 N–H and O–H groups in total. The van der Waals surface area contributed by atoms with E-state index in [0.717, 1.165) is 22.3 Å². The SMILES string of the molecule is CSCc1ccc2oc(C(=O)Nc3cc(-c4ccc(F)cc4)ccc3N)cc2c1. The second kappa shape index (κ2) is 8.01. The van der Waals surface area contributed by atoms with E-state index in [1.807, 2.05) is 30.5 Å². The quantitative estimate of drug-likeness (QED) is 0.403. The number of carbonyl (C=O) groups excluding carboxylic acids is 1. The number of halogens is 1. The van der Waals surface area contributed by atoms with Gasteiger partial charge in [-0.3, -0.25) is 4.79 Å². The molecular formula is C23H19FN2O2S. The Hall–Kier alpha value is -3.25. The van der Waals surface area contributed by atoms with Gasteiger partial charge in [0.15, 0.2) is 5.76 Å². The fourth-order valence-electron chi connectivity index (χ4n) is 3.13. The maximum atomic E-state index is 13.2. The third-order valence-corrected chi connectivity index (χ3v) is 5.22. The van der Waals surface area contributed by atoms with E-state index in [0.29, 0.717) is 17.0 Å². The summed E-state index contributed by atoms with van der Waals surface area (Å²) in [5, 5.41) is 3.70. The van der Waals surface area contributed by atoms with Crippen molar-refractivity contribution >= 4 is 40.0 Å². The Balaban J connectivity index is 1.60. The molecule has 0 aliphatic carbocycles. The molecule has 0 saturated carbocycles. The minimum Gasteiger partial charge on any atom is -0.451 e. The molecule has 1 amide bonds. The number of nitrogens with two attached hydrogens (primary N) is 1. The number of nitrogen functional groups attached to an aromatic ring is 1. The van der Waals surface area contributed by atoms with Gasteiger partial charge in [-0.1, -0.05) is 24.3 Å². The summed E-state index contributed by atoms with van der Waals surface area (Å²) in [7, 11) is 0. The number of thioether (sulfide) groups is 1. The lowest BCUT2D eigenvalue weighted by Crippen LogP contribution is -2.12. The fraction of sp³-hybridized carbons (Fsp3) is 0.0870. The van der Waals surface area contributed by atoms with Crippen LogP contribution in [0.4, 0.5) is 15.8 Å². The minimum atomic E-state index is -0.379. The molecule has 0 bridgehead atoms. The lowest BCUT2D eigenvalue weighted by Gasteiger charge is -2.10. The van der Waals surface area contributed by atoms with Crippen LogP contribution in [0.25, 0.3) is 22.1 Å². The van der Waals surface area contributed by atoms with Crippen LogP contribution in [0.15, 0.2) is 71.1 Å². The third kappa shape index (κ3) is 4.12. The van der Waals surface area contributed by atoms with Gasteiger partial charge in [0.1, 0.15) is 11.4 Å². The zero-order valence-corrected chi connectivity index (χ0v) is 16.6. The number of furan rings is 1. The number of amides is 1. The molecule has 0 atom stereocenters. The van der Waals surface area contributed by atoms with Gasteiger partial charge in [0.2, 0.25) is 0 Å². The Labute approximate surface area is 171 Å². The molecule has 146 valence electrons. The van der Waals surface area contributed by atoms with Crippen LogP contribution in [0.2, 0.25) is 0 Å². The third-order valence-electron chi connectivity index (χ3n) is 4.59. The second-order valence-electron chi connectivity index (χ2n) is 6.68. The largest absolute Gasteiger partial charge is 0.451 e. The number of anilines is 2. The first-order chi connectivity index (χ1) is 14.0. The monoisotopic (exact) mass is 406 g/mol. The van der Waals surface area contributed by atoms with Crippen molar-refractivity contribution in [1.82, 2.24) is 0 Å². The van der Waals surface area contributed by atoms with Crippen molar-refractivity contribution in [1.29, 1.82) is 0 Å². The lowest BCUT2D eigenvalue weighted by atomic mass is 10.0. The van der Waals surface area contributed by atoms with Gasteiger partial charge in [0.25, 0.3) is 5.91 Å². The highest BCUT2D eigenvalue weighted by Gasteiger charge is 2.15. The van der Waals surface area contributed by atoms with Gasteiger partial charge < -0.3 is 15.5 Å². The first-order valence-electron chi connectivity index (χ1n) is 9.02. The maximum absolute atomic E-state index is 13.2. The number of carbonyl (C=O) groups is 1. The van der Waals surface area contributed by atoms with Crippen LogP contribution in [0.3, 0.4) is 0 Å². The second-order valence-corrected chi connectivity index (χ2v) is 7.54. The van der Waals surface area contributed by atoms with Crippen LogP contribution in [0, 0.1) is 5.82 Å². The van der Waals surface area contributed by atoms with Gasteiger partial charge in [0.05, 0.1) is 11.4 Å². The topological polar surface area (TPSA) is 68.3 Å². The Bertz CT molecular complexity index is 1190. The Kier molecular flexibility index (Phi) is 5.27. The molecule has 1 heterocycles. The molecule has 3 aromatic carbocycles. The fourth-order valence-corrected chi connectivity index (χ4v) is 3.64. The van der Waals surface area contributed by atoms with E-state index in [4.69, 9.17) is 10.2 Å². The molecule has 0 unspecified atom stereocenters. The summed E-state index contributed by atoms with van der Waals surface area (Å²) >= 11 is 1.74. The van der Waals surface area contributed by atoms with Crippen LogP contribution in [-0.2, 0) is 5.75 Å². The molecular weight excluding hydrogens is 387 g/mol. The van der Waals surface area contributed by atoms with Crippen molar-refractivity contribution in [2.75, 3.05) is 17.3 Å². The van der Waals surface area contributed by atoms with Crippen LogP contribution in [0.1, 0.15) is 16.1 Å². The highest BCUT2D eigenvalue weighted by Crippen LogP contribution is 2.29. The summed E-state index contributed by atoms with van der Waals surface area (Å²) in [4.78, 5) is 12.7. The minimum absolute atomic E-state index is 0.216. The Morgan fingerprint density at radius 1 is 1.03 bits per heavy atom. The lowest BCUT2D eigenvalue weighted by molar-refractivity contribution is 0.0999. The molecule has 6 heteroatoms. The summed E-state index contributed by atoms with van der Waals surface area (Å²) in [5.41, 5.74) is 10.4. The van der Waals surface area contributed by atoms with Crippen molar-refractivity contribution in [3.63, 3.8) is 0 Å². The highest BCUT2D eigenvalue weighted by atomic mass is 32.2. The molecule has 0 radical (unpaired) electrons. The summed E-state index contributed by atoms with van der Waals surface area (Å²) in [6, 6.07) is 19.1. The molecule has 0 saturated heterocycles. The van der Waals surface area contributed by atoms with Crippen LogP contribution in [-0.4, -0.2) is 12.2 Å². The molecule has 0 fully saturated rings. The van der Waals surface area contributed by atoms with Gasteiger partial charge >= 0.3 is 0 Å². The standard InChI is InChI=1S/C23H19FN2O2S/c1-29-13-14-2-9-21-17(10-14)12-22(28-21)23(27)26-20-11-16(5-8-19(20)25)15-3-6-18(24)7-4-15/h2-12H,13,25H2,1H3,(H,26,27). The predicted molar refractivity (Wildman–Crippen MR) is 118 cm³/mol. The number of rotatable bonds is 5. The number of hydrogen-bond donors (Lipinski definition) is 2. The molecule has 0 aliphatic rings. The Morgan fingerprint density at radius 2 is 1.79 bits per heavy atom. The van der Waals surface area contributed by atoms with Crippen molar-refractivity contribution in [2.24, 2.45) is 0 Å². The normalized spacial score (nSPS) is 11.0. The average molecular weight is 406 g/mol. The van der Waals surface area contributed by atoms with Crippen LogP contribution in [0.5, 0.6) is 0 Å². The average Bonchev–Trinajstić information content (AvgIpc) is 3.14. The molecule has 4 aromatic rings. The Morgan fingerprint density at radius 3 is 2.55 bits per heavy atom. The van der Waals surface area contributed by atoms with Gasteiger partial charge in [-0.15, -0.1) is 0 Å². The molecule has 4 nitrogen and oxygen atoms in total. The van der Waals surface area contributed by atoms with Gasteiger partial charge in [-0.2, -0.15) is 11.8 Å². The van der Waals surface area contributed by atoms with E-state index in [-0.39, 0.29) is 17.5 Å². The van der Waals surface area contributed by atoms with Crippen molar-refractivity contribution < 1.29 is 13.6 Å². The van der Waals surface area contributed by atoms with E-state index in [2.05, 4.69) is 5.32 Å². The molecule has 0 spiro atoms. The van der Waals surface area contributed by atoms with E-state index >= 15 is 0 Å². The van der Waals surface area contributed by atoms with Crippen molar-refractivity contribution in [3.05, 3.63) is 83.9 Å². The highest BCUT2D eigenvalue weighted by molar-refractivity contribution is 7.97. The van der Waals surface area contributed by atoms with E-state index in [1.165, 1.54) is 17.7 Å². The summed E-state index contributed by atoms with van der Waals surface area (Å²) in [6.45, 7) is 0. The van der Waals surface area contributed by atoms with Crippen molar-refractivity contribution in [3.8, 4) is 11.1 Å². The van der Waals surface area contributed by atoms with Gasteiger partial charge in [0, 0.05) is 11.1 Å². The predicted octanol–water partition coefficient (Wildman–Crippen LogP) is 5.94. The summed E-state index contributed by atoms with van der Waals surface area (Å²) in [5.74, 6) is 0.432. The maximum Gasteiger partial charge on any atom is 0.291 e. The number of benzene rings is 3. The molecule has 4 rings (SSSR count). The summed E-state index contributed by atoms with van der Waals surface area (Å²) in [6.07, 6.45) is 2.04. The first-order valence-corrected chi connectivity index (χ1v) is 10.4. The smallest absolute Gasteiger partial charge is 0.291 e. The van der Waals surface area contributed by atoms with Crippen LogP contribution >= 0.6 is 11.8 Å². The van der Waals surface area contributed by atoms with E-state index in [1.54, 1.807) is 42.1 Å². The number of hydrogen-bond acceptors (Lipinski definition) is 4. The zero-order valence-electron chi connectivity index (χ0n) is 15.7. The van der Waals surface area contributed by atoms with E-state index < -0.39 is 0 Å². The number of nitrogens with one attached hydrogen (secondary N) is 1. The molecule has 1 aromatic heterocycles. The summed E-state index contributed by atoms with van der Waals surface area (Å²) < 4.78 is 18.9. The van der Waals surface area contributed by atoms with Gasteiger partial charge in [-0.25, -0.2) is 4.39 Å².